The fraction of sp³-hybridized carbons (Fsp3) is 0.889. The van der Waals surface area contributed by atoms with Gasteiger partial charge in [-0.15, -0.1) is 24.4 Å². The minimum Gasteiger partial charge on any atom is -1.00 e. The summed E-state index contributed by atoms with van der Waals surface area (Å²) in [7, 11) is 0. The molecule has 13 heavy (non-hydrogen) atoms. The summed E-state index contributed by atoms with van der Waals surface area (Å²) < 4.78 is 0.781. The fourth-order valence-electron chi connectivity index (χ4n) is 1.04. The first-order valence-corrected chi connectivity index (χ1v) is 6.47. The molecule has 0 heterocycles. The number of hydrogen-bond donors (Lipinski definition) is 1. The van der Waals surface area contributed by atoms with Gasteiger partial charge in [-0.1, -0.05) is 51.2 Å². The first-order valence-electron chi connectivity index (χ1n) is 4.63. The van der Waals surface area contributed by atoms with Crippen molar-refractivity contribution in [3.8, 4) is 0 Å². The molecule has 0 radical (unpaired) electrons. The van der Waals surface area contributed by atoms with Gasteiger partial charge in [-0.2, -0.15) is 0 Å². The standard InChI is InChI=1S/C9H18S3.K.H/c1-2-3-4-5-6-7-8-12-9(10)11;;/h2-8H2,1H3,(H,10,11);;/q;+1;-1. The Labute approximate surface area is 142 Å². The number of thioether (sulfide) groups is 1. The van der Waals surface area contributed by atoms with Crippen molar-refractivity contribution >= 4 is 40.1 Å². The predicted molar refractivity (Wildman–Crippen MR) is 68.5 cm³/mol. The molecule has 0 saturated carbocycles. The molecule has 0 unspecified atom stereocenters. The van der Waals surface area contributed by atoms with Crippen LogP contribution in [0.3, 0.4) is 0 Å². The Morgan fingerprint density at radius 3 is 2.31 bits per heavy atom. The van der Waals surface area contributed by atoms with Crippen LogP contribution in [0.5, 0.6) is 0 Å². The van der Waals surface area contributed by atoms with Crippen LogP contribution < -0.4 is 51.4 Å². The summed E-state index contributed by atoms with van der Waals surface area (Å²) in [6.07, 6.45) is 8.13. The number of thiol groups is 1. The molecule has 0 saturated heterocycles. The van der Waals surface area contributed by atoms with Crippen molar-refractivity contribution in [1.29, 1.82) is 0 Å². The van der Waals surface area contributed by atoms with Gasteiger partial charge in [0.25, 0.3) is 0 Å². The van der Waals surface area contributed by atoms with Gasteiger partial charge in [0, 0.05) is 0 Å². The number of rotatable bonds is 7. The van der Waals surface area contributed by atoms with Crippen LogP contribution in [0.4, 0.5) is 0 Å². The van der Waals surface area contributed by atoms with Gasteiger partial charge >= 0.3 is 51.4 Å². The average Bonchev–Trinajstić information content (AvgIpc) is 2.02. The van der Waals surface area contributed by atoms with E-state index in [0.29, 0.717) is 0 Å². The second kappa shape index (κ2) is 14.4. The van der Waals surface area contributed by atoms with E-state index in [1.165, 1.54) is 38.5 Å². The molecule has 0 aromatic carbocycles. The van der Waals surface area contributed by atoms with Gasteiger partial charge in [-0.3, -0.25) is 0 Å². The molecular formula is C9H19KS3. The quantitative estimate of drug-likeness (QED) is 0.319. The van der Waals surface area contributed by atoms with E-state index in [9.17, 15) is 0 Å². The predicted octanol–water partition coefficient (Wildman–Crippen LogP) is 1.41. The molecule has 0 rings (SSSR count). The minimum atomic E-state index is 0. The van der Waals surface area contributed by atoms with E-state index >= 15 is 0 Å². The zero-order valence-electron chi connectivity index (χ0n) is 9.71. The smallest absolute Gasteiger partial charge is 1.00 e. The van der Waals surface area contributed by atoms with Crippen molar-refractivity contribution in [1.82, 2.24) is 0 Å². The van der Waals surface area contributed by atoms with Gasteiger partial charge in [0.05, 0.1) is 0 Å². The normalized spacial score (nSPS) is 9.38. The molecule has 0 spiro atoms. The molecule has 0 aliphatic rings. The Balaban J connectivity index is -0.000000605. The molecule has 0 atom stereocenters. The second-order valence-corrected chi connectivity index (χ2v) is 5.71. The van der Waals surface area contributed by atoms with Gasteiger partial charge in [-0.25, -0.2) is 0 Å². The molecule has 0 nitrogen and oxygen atoms in total. The molecule has 0 bridgehead atoms. The summed E-state index contributed by atoms with van der Waals surface area (Å²) in [4.78, 5) is 0. The van der Waals surface area contributed by atoms with Gasteiger partial charge < -0.3 is 1.43 Å². The molecule has 0 N–H and O–H groups in total. The topological polar surface area (TPSA) is 0 Å². The molecule has 4 heteroatoms. The Hall–Kier alpha value is 2.43. The van der Waals surface area contributed by atoms with Crippen molar-refractivity contribution in [2.45, 2.75) is 45.4 Å². The summed E-state index contributed by atoms with van der Waals surface area (Å²) in [5.74, 6) is 1.15. The third-order valence-electron chi connectivity index (χ3n) is 1.72. The maximum absolute atomic E-state index is 4.84. The Kier molecular flexibility index (Phi) is 19.8. The SMILES string of the molecule is CCCCCCCCSC(=S)S.[H-].[K+]. The van der Waals surface area contributed by atoms with Crippen LogP contribution in [0.15, 0.2) is 0 Å². The largest absolute Gasteiger partial charge is 1.00 e. The second-order valence-electron chi connectivity index (χ2n) is 2.88. The molecule has 0 aliphatic heterocycles. The van der Waals surface area contributed by atoms with Crippen molar-refractivity contribution in [3.05, 3.63) is 0 Å². The van der Waals surface area contributed by atoms with Crippen molar-refractivity contribution in [2.75, 3.05) is 5.75 Å². The molecule has 0 aromatic rings. The summed E-state index contributed by atoms with van der Waals surface area (Å²) in [5.41, 5.74) is 0. The summed E-state index contributed by atoms with van der Waals surface area (Å²) in [6.45, 7) is 2.25. The van der Waals surface area contributed by atoms with Crippen LogP contribution in [0.1, 0.15) is 46.9 Å². The Bertz CT molecular complexity index is 123. The Morgan fingerprint density at radius 1 is 1.23 bits per heavy atom. The van der Waals surface area contributed by atoms with Gasteiger partial charge in [0.2, 0.25) is 0 Å². The van der Waals surface area contributed by atoms with Crippen LogP contribution in [-0.2, 0) is 0 Å². The third-order valence-corrected chi connectivity index (χ3v) is 3.20. The van der Waals surface area contributed by atoms with E-state index in [1.54, 1.807) is 11.8 Å². The molecule has 0 fully saturated rings. The van der Waals surface area contributed by atoms with Crippen LogP contribution >= 0.6 is 36.6 Å². The summed E-state index contributed by atoms with van der Waals surface area (Å²) in [5, 5.41) is 0. The van der Waals surface area contributed by atoms with Crippen molar-refractivity contribution in [3.63, 3.8) is 0 Å². The van der Waals surface area contributed by atoms with E-state index in [1.807, 2.05) is 0 Å². The van der Waals surface area contributed by atoms with Gasteiger partial charge in [-0.05, 0) is 12.2 Å². The molecule has 0 aliphatic carbocycles. The maximum atomic E-state index is 4.84. The Morgan fingerprint density at radius 2 is 1.77 bits per heavy atom. The average molecular weight is 263 g/mol. The number of unbranched alkanes of at least 4 members (excludes halogenated alkanes) is 5. The van der Waals surface area contributed by atoms with Gasteiger partial charge in [0.15, 0.2) is 0 Å². The van der Waals surface area contributed by atoms with Crippen LogP contribution in [0.25, 0.3) is 0 Å². The van der Waals surface area contributed by atoms with E-state index in [-0.39, 0.29) is 52.8 Å². The van der Waals surface area contributed by atoms with Crippen LogP contribution in [0.2, 0.25) is 0 Å². The van der Waals surface area contributed by atoms with Crippen LogP contribution in [0, 0.1) is 0 Å². The van der Waals surface area contributed by atoms with E-state index in [2.05, 4.69) is 19.6 Å². The molecule has 74 valence electrons. The van der Waals surface area contributed by atoms with Crippen molar-refractivity contribution < 1.29 is 52.8 Å². The maximum Gasteiger partial charge on any atom is 1.00 e. The molecular weight excluding hydrogens is 243 g/mol. The number of hydrogen-bond acceptors (Lipinski definition) is 2. The minimum absolute atomic E-state index is 0. The van der Waals surface area contributed by atoms with Crippen molar-refractivity contribution in [2.24, 2.45) is 0 Å². The summed E-state index contributed by atoms with van der Waals surface area (Å²) >= 11 is 10.6. The third kappa shape index (κ3) is 17.1. The fourth-order valence-corrected chi connectivity index (χ4v) is 2.09. The number of thiocarbonyl (C=S) groups is 1. The molecule has 0 amide bonds. The van der Waals surface area contributed by atoms with E-state index in [0.717, 1.165) is 9.28 Å². The zero-order chi connectivity index (χ0) is 9.23. The molecule has 0 aromatic heterocycles. The van der Waals surface area contributed by atoms with Gasteiger partial charge in [0.1, 0.15) is 3.53 Å². The monoisotopic (exact) mass is 262 g/mol. The van der Waals surface area contributed by atoms with E-state index < -0.39 is 0 Å². The van der Waals surface area contributed by atoms with E-state index in [4.69, 9.17) is 12.2 Å². The first-order chi connectivity index (χ1) is 5.77. The van der Waals surface area contributed by atoms with Crippen LogP contribution in [-0.4, -0.2) is 9.28 Å². The zero-order valence-corrected chi connectivity index (χ0v) is 14.4. The summed E-state index contributed by atoms with van der Waals surface area (Å²) in [6, 6.07) is 0. The first kappa shape index (κ1) is 17.8.